The second kappa shape index (κ2) is 10.8. The monoisotopic (exact) mass is 496 g/mol. The molecule has 36 heavy (non-hydrogen) atoms. The van der Waals surface area contributed by atoms with E-state index in [2.05, 4.69) is 20.6 Å². The molecule has 2 N–H and O–H groups in total. The summed E-state index contributed by atoms with van der Waals surface area (Å²) in [6.07, 6.45) is -2.04. The average Bonchev–Trinajstić information content (AvgIpc) is 3.29. The Kier molecular flexibility index (Phi) is 7.57. The first-order valence-electron chi connectivity index (χ1n) is 11.8. The van der Waals surface area contributed by atoms with Gasteiger partial charge in [0.15, 0.2) is 0 Å². The predicted octanol–water partition coefficient (Wildman–Crippen LogP) is 5.76. The Labute approximate surface area is 207 Å². The maximum atomic E-state index is 13.3. The molecule has 0 aliphatic carbocycles. The van der Waals surface area contributed by atoms with Gasteiger partial charge in [-0.3, -0.25) is 14.8 Å². The second-order valence-corrected chi connectivity index (χ2v) is 8.63. The van der Waals surface area contributed by atoms with Crippen molar-refractivity contribution in [2.45, 2.75) is 45.3 Å². The number of aromatic nitrogens is 1. The van der Waals surface area contributed by atoms with E-state index in [1.807, 2.05) is 37.3 Å². The summed E-state index contributed by atoms with van der Waals surface area (Å²) in [5.74, 6) is 1.58. The number of aryl methyl sites for hydroxylation is 2. The molecule has 1 aromatic heterocycles. The highest BCUT2D eigenvalue weighted by Gasteiger charge is 2.33. The van der Waals surface area contributed by atoms with Gasteiger partial charge in [-0.2, -0.15) is 13.2 Å². The van der Waals surface area contributed by atoms with E-state index in [0.717, 1.165) is 17.5 Å². The van der Waals surface area contributed by atoms with E-state index in [9.17, 15) is 18.0 Å². The van der Waals surface area contributed by atoms with E-state index in [1.165, 1.54) is 12.1 Å². The summed E-state index contributed by atoms with van der Waals surface area (Å²) < 4.78 is 45.9. The smallest absolute Gasteiger partial charge is 0.416 e. The number of carbonyl (C=O) groups excluding carboxylic acids is 1. The fourth-order valence-electron chi connectivity index (χ4n) is 3.92. The van der Waals surface area contributed by atoms with Crippen molar-refractivity contribution in [3.63, 3.8) is 0 Å². The largest absolute Gasteiger partial charge is 0.457 e. The lowest BCUT2D eigenvalue weighted by Crippen LogP contribution is -2.28. The molecular weight excluding hydrogens is 469 g/mol. The highest BCUT2D eigenvalue weighted by Crippen LogP contribution is 2.34. The van der Waals surface area contributed by atoms with Gasteiger partial charge in [0.2, 0.25) is 5.91 Å². The zero-order chi connectivity index (χ0) is 25.7. The molecular formula is C27H27F3N4O2. The molecule has 3 aromatic rings. The van der Waals surface area contributed by atoms with Crippen LogP contribution in [-0.4, -0.2) is 29.3 Å². The Balaban J connectivity index is 1.36. The molecule has 0 fully saturated rings. The Morgan fingerprint density at radius 1 is 1.14 bits per heavy atom. The number of benzene rings is 2. The number of ether oxygens (including phenoxy) is 1. The molecule has 1 unspecified atom stereocenters. The van der Waals surface area contributed by atoms with Crippen LogP contribution in [0.5, 0.6) is 11.5 Å². The van der Waals surface area contributed by atoms with Crippen LogP contribution in [-0.2, 0) is 23.8 Å². The maximum Gasteiger partial charge on any atom is 0.416 e. The zero-order valence-corrected chi connectivity index (χ0v) is 20.0. The molecule has 0 saturated carbocycles. The van der Waals surface area contributed by atoms with Crippen LogP contribution in [0.4, 0.5) is 18.9 Å². The summed E-state index contributed by atoms with van der Waals surface area (Å²) >= 11 is 0. The Hall–Kier alpha value is -3.88. The van der Waals surface area contributed by atoms with Gasteiger partial charge in [-0.05, 0) is 61.2 Å². The van der Waals surface area contributed by atoms with Crippen molar-refractivity contribution in [1.82, 2.24) is 10.3 Å². The summed E-state index contributed by atoms with van der Waals surface area (Å²) in [5.41, 5.74) is 1.17. The number of hydrogen-bond donors (Lipinski definition) is 2. The standard InChI is InChI=1S/C27H27F3N4O2/c1-3-19-8-9-20(14-23(19)27(28,29)30)34-25(35)10-7-18-5-4-6-21(13-18)36-22-11-12-31-24(15-22)26-32-16-17(2)33-26/h4-6,8-9,11-15,17H,3,7,10,16H2,1-2H3,(H,32,33)(H,34,35). The van der Waals surface area contributed by atoms with Crippen LogP contribution in [0.2, 0.25) is 0 Å². The number of halogens is 3. The number of nitrogens with one attached hydrogen (secondary N) is 2. The van der Waals surface area contributed by atoms with Gasteiger partial charge >= 0.3 is 6.18 Å². The summed E-state index contributed by atoms with van der Waals surface area (Å²) in [7, 11) is 0. The van der Waals surface area contributed by atoms with Crippen LogP contribution in [0, 0.1) is 0 Å². The fourth-order valence-corrected chi connectivity index (χ4v) is 3.92. The quantitative estimate of drug-likeness (QED) is 0.416. The molecule has 2 aromatic carbocycles. The number of hydrogen-bond acceptors (Lipinski definition) is 5. The Morgan fingerprint density at radius 2 is 1.94 bits per heavy atom. The summed E-state index contributed by atoms with van der Waals surface area (Å²) in [6.45, 7) is 4.41. The third-order valence-corrected chi connectivity index (χ3v) is 5.74. The van der Waals surface area contributed by atoms with E-state index < -0.39 is 11.7 Å². The van der Waals surface area contributed by atoms with Gasteiger partial charge in [-0.15, -0.1) is 0 Å². The SMILES string of the molecule is CCc1ccc(NC(=O)CCc2cccc(Oc3ccnc(C4=NCC(C)N4)c3)c2)cc1C(F)(F)F. The normalized spacial score (nSPS) is 15.2. The highest BCUT2D eigenvalue weighted by atomic mass is 19.4. The molecule has 6 nitrogen and oxygen atoms in total. The average molecular weight is 497 g/mol. The van der Waals surface area contributed by atoms with E-state index in [-0.39, 0.29) is 36.0 Å². The lowest BCUT2D eigenvalue weighted by Gasteiger charge is -2.14. The zero-order valence-electron chi connectivity index (χ0n) is 20.0. The van der Waals surface area contributed by atoms with Crippen LogP contribution in [0.3, 0.4) is 0 Å². The number of nitrogens with zero attached hydrogens (tertiary/aromatic N) is 2. The number of rotatable bonds is 8. The van der Waals surface area contributed by atoms with Crippen molar-refractivity contribution in [3.05, 3.63) is 83.2 Å². The van der Waals surface area contributed by atoms with E-state index in [1.54, 1.807) is 19.2 Å². The fraction of sp³-hybridized carbons (Fsp3) is 0.296. The van der Waals surface area contributed by atoms with Crippen molar-refractivity contribution in [2.75, 3.05) is 11.9 Å². The van der Waals surface area contributed by atoms with Gasteiger partial charge in [0.05, 0.1) is 12.1 Å². The molecule has 1 amide bonds. The van der Waals surface area contributed by atoms with Crippen LogP contribution in [0.1, 0.15) is 42.7 Å². The van der Waals surface area contributed by atoms with Crippen LogP contribution < -0.4 is 15.4 Å². The molecule has 0 spiro atoms. The molecule has 2 heterocycles. The number of aliphatic imine (C=N–C) groups is 1. The minimum Gasteiger partial charge on any atom is -0.457 e. The van der Waals surface area contributed by atoms with E-state index in [0.29, 0.717) is 30.2 Å². The minimum atomic E-state index is -4.47. The molecule has 0 radical (unpaired) electrons. The molecule has 188 valence electrons. The maximum absolute atomic E-state index is 13.3. The lowest BCUT2D eigenvalue weighted by atomic mass is 10.0. The number of anilines is 1. The van der Waals surface area contributed by atoms with Crippen LogP contribution >= 0.6 is 0 Å². The van der Waals surface area contributed by atoms with Gasteiger partial charge < -0.3 is 15.4 Å². The first-order valence-corrected chi connectivity index (χ1v) is 11.8. The first kappa shape index (κ1) is 25.2. The minimum absolute atomic E-state index is 0.115. The molecule has 0 saturated heterocycles. The molecule has 9 heteroatoms. The molecule has 4 rings (SSSR count). The summed E-state index contributed by atoms with van der Waals surface area (Å²) in [6, 6.07) is 15.1. The Bertz CT molecular complexity index is 1270. The van der Waals surface area contributed by atoms with Gasteiger partial charge in [0.1, 0.15) is 23.0 Å². The number of alkyl halides is 3. The summed E-state index contributed by atoms with van der Waals surface area (Å²) in [5, 5.41) is 5.84. The third kappa shape index (κ3) is 6.41. The van der Waals surface area contributed by atoms with Crippen molar-refractivity contribution in [2.24, 2.45) is 4.99 Å². The van der Waals surface area contributed by atoms with E-state index in [4.69, 9.17) is 4.74 Å². The molecule has 1 atom stereocenters. The molecule has 1 aliphatic rings. The van der Waals surface area contributed by atoms with E-state index >= 15 is 0 Å². The van der Waals surface area contributed by atoms with Crippen molar-refractivity contribution in [3.8, 4) is 11.5 Å². The van der Waals surface area contributed by atoms with Crippen molar-refractivity contribution in [1.29, 1.82) is 0 Å². The third-order valence-electron chi connectivity index (χ3n) is 5.74. The molecule has 0 bridgehead atoms. The first-order chi connectivity index (χ1) is 17.2. The lowest BCUT2D eigenvalue weighted by molar-refractivity contribution is -0.138. The predicted molar refractivity (Wildman–Crippen MR) is 133 cm³/mol. The Morgan fingerprint density at radius 3 is 2.67 bits per heavy atom. The topological polar surface area (TPSA) is 75.6 Å². The van der Waals surface area contributed by atoms with Gasteiger partial charge in [-0.1, -0.05) is 25.1 Å². The number of amidine groups is 1. The van der Waals surface area contributed by atoms with Gasteiger partial charge in [0, 0.05) is 30.4 Å². The second-order valence-electron chi connectivity index (χ2n) is 8.63. The number of pyridine rings is 1. The number of amides is 1. The van der Waals surface area contributed by atoms with Crippen molar-refractivity contribution < 1.29 is 22.7 Å². The number of carbonyl (C=O) groups is 1. The van der Waals surface area contributed by atoms with Crippen LogP contribution in [0.25, 0.3) is 0 Å². The van der Waals surface area contributed by atoms with Gasteiger partial charge in [-0.25, -0.2) is 0 Å². The molecule has 1 aliphatic heterocycles. The summed E-state index contributed by atoms with van der Waals surface area (Å²) in [4.78, 5) is 21.2. The van der Waals surface area contributed by atoms with Crippen LogP contribution in [0.15, 0.2) is 65.8 Å². The highest BCUT2D eigenvalue weighted by molar-refractivity contribution is 5.98. The van der Waals surface area contributed by atoms with Crippen molar-refractivity contribution >= 4 is 17.4 Å². The van der Waals surface area contributed by atoms with Gasteiger partial charge in [0.25, 0.3) is 0 Å².